The molecule has 0 radical (unpaired) electrons. The zero-order valence-corrected chi connectivity index (χ0v) is 10.4. The van der Waals surface area contributed by atoms with Gasteiger partial charge in [0.25, 0.3) is 0 Å². The van der Waals surface area contributed by atoms with Crippen LogP contribution in [0.4, 0.5) is 0 Å². The molecule has 2 unspecified atom stereocenters. The molecule has 1 fully saturated rings. The minimum atomic E-state index is 0.333. The van der Waals surface area contributed by atoms with Crippen LogP contribution in [0.3, 0.4) is 0 Å². The summed E-state index contributed by atoms with van der Waals surface area (Å²) in [6.45, 7) is 2.26. The standard InChI is InChI=1S/C13H18ClNO/c1-10-4-2-3-5-12(10)16-13-9-15-7-6-11(13)8-14/h6-7,9-10,12H,2-5,8H2,1H3. The number of pyridine rings is 1. The van der Waals surface area contributed by atoms with Crippen molar-refractivity contribution < 1.29 is 4.74 Å². The SMILES string of the molecule is CC1CCCCC1Oc1cnccc1CCl. The second-order valence-electron chi connectivity index (χ2n) is 4.54. The van der Waals surface area contributed by atoms with Crippen LogP contribution in [0.1, 0.15) is 38.2 Å². The summed E-state index contributed by atoms with van der Waals surface area (Å²) in [6.07, 6.45) is 8.88. The molecule has 0 saturated heterocycles. The lowest BCUT2D eigenvalue weighted by atomic mass is 9.88. The van der Waals surface area contributed by atoms with Gasteiger partial charge in [0.2, 0.25) is 0 Å². The third-order valence-corrected chi connectivity index (χ3v) is 3.61. The molecule has 88 valence electrons. The second-order valence-corrected chi connectivity index (χ2v) is 4.80. The Bertz CT molecular complexity index is 342. The predicted molar refractivity (Wildman–Crippen MR) is 65.8 cm³/mol. The molecule has 2 rings (SSSR count). The van der Waals surface area contributed by atoms with Crippen LogP contribution < -0.4 is 4.74 Å². The van der Waals surface area contributed by atoms with E-state index < -0.39 is 0 Å². The van der Waals surface area contributed by atoms with Crippen molar-refractivity contribution in [3.05, 3.63) is 24.0 Å². The third kappa shape index (κ3) is 2.67. The van der Waals surface area contributed by atoms with E-state index in [1.54, 1.807) is 12.4 Å². The van der Waals surface area contributed by atoms with Crippen LogP contribution in [-0.2, 0) is 5.88 Å². The van der Waals surface area contributed by atoms with E-state index in [4.69, 9.17) is 16.3 Å². The highest BCUT2D eigenvalue weighted by atomic mass is 35.5. The van der Waals surface area contributed by atoms with E-state index in [1.165, 1.54) is 19.3 Å². The molecule has 1 aromatic heterocycles. The Kier molecular flexibility index (Phi) is 4.05. The Morgan fingerprint density at radius 2 is 2.25 bits per heavy atom. The van der Waals surface area contributed by atoms with Crippen LogP contribution in [0.15, 0.2) is 18.5 Å². The monoisotopic (exact) mass is 239 g/mol. The molecule has 2 atom stereocenters. The van der Waals surface area contributed by atoms with Gasteiger partial charge < -0.3 is 4.74 Å². The summed E-state index contributed by atoms with van der Waals surface area (Å²) in [5.74, 6) is 1.98. The molecular weight excluding hydrogens is 222 g/mol. The van der Waals surface area contributed by atoms with Gasteiger partial charge in [-0.15, -0.1) is 11.6 Å². The van der Waals surface area contributed by atoms with Gasteiger partial charge >= 0.3 is 0 Å². The molecule has 0 amide bonds. The van der Waals surface area contributed by atoms with Gasteiger partial charge in [-0.05, 0) is 31.2 Å². The summed E-state index contributed by atoms with van der Waals surface area (Å²) in [4.78, 5) is 4.10. The maximum atomic E-state index is 6.04. The maximum absolute atomic E-state index is 6.04. The zero-order valence-electron chi connectivity index (χ0n) is 9.66. The fraction of sp³-hybridized carbons (Fsp3) is 0.615. The summed E-state index contributed by atoms with van der Waals surface area (Å²) in [5, 5.41) is 0. The average molecular weight is 240 g/mol. The van der Waals surface area contributed by atoms with Crippen molar-refractivity contribution in [3.8, 4) is 5.75 Å². The summed E-state index contributed by atoms with van der Waals surface area (Å²) >= 11 is 5.88. The molecule has 3 heteroatoms. The highest BCUT2D eigenvalue weighted by molar-refractivity contribution is 6.17. The first-order chi connectivity index (χ1) is 7.81. The van der Waals surface area contributed by atoms with Crippen LogP contribution in [-0.4, -0.2) is 11.1 Å². The van der Waals surface area contributed by atoms with Crippen molar-refractivity contribution in [2.45, 2.75) is 44.6 Å². The van der Waals surface area contributed by atoms with Gasteiger partial charge in [0.05, 0.1) is 12.1 Å². The Morgan fingerprint density at radius 3 is 3.00 bits per heavy atom. The minimum Gasteiger partial charge on any atom is -0.488 e. The third-order valence-electron chi connectivity index (χ3n) is 3.33. The van der Waals surface area contributed by atoms with Crippen molar-refractivity contribution in [2.24, 2.45) is 5.92 Å². The van der Waals surface area contributed by atoms with Crippen LogP contribution in [0.5, 0.6) is 5.75 Å². The normalized spacial score (nSPS) is 25.4. The first-order valence-electron chi connectivity index (χ1n) is 5.96. The Balaban J connectivity index is 2.07. The summed E-state index contributed by atoms with van der Waals surface area (Å²) < 4.78 is 6.04. The van der Waals surface area contributed by atoms with Crippen molar-refractivity contribution in [1.82, 2.24) is 4.98 Å². The maximum Gasteiger partial charge on any atom is 0.142 e. The van der Waals surface area contributed by atoms with Crippen LogP contribution >= 0.6 is 11.6 Å². The molecule has 0 N–H and O–H groups in total. The van der Waals surface area contributed by atoms with Crippen LogP contribution in [0.25, 0.3) is 0 Å². The van der Waals surface area contributed by atoms with Gasteiger partial charge in [-0.25, -0.2) is 0 Å². The van der Waals surface area contributed by atoms with E-state index >= 15 is 0 Å². The topological polar surface area (TPSA) is 22.1 Å². The first-order valence-corrected chi connectivity index (χ1v) is 6.50. The van der Waals surface area contributed by atoms with Crippen LogP contribution in [0, 0.1) is 5.92 Å². The number of alkyl halides is 1. The summed E-state index contributed by atoms with van der Waals surface area (Å²) in [5.41, 5.74) is 1.04. The number of aromatic nitrogens is 1. The predicted octanol–water partition coefficient (Wildman–Crippen LogP) is 3.78. The van der Waals surface area contributed by atoms with E-state index in [1.807, 2.05) is 6.07 Å². The first kappa shape index (κ1) is 11.7. The van der Waals surface area contributed by atoms with Gasteiger partial charge in [0, 0.05) is 11.8 Å². The molecule has 0 aromatic carbocycles. The van der Waals surface area contributed by atoms with E-state index in [0.29, 0.717) is 17.9 Å². The van der Waals surface area contributed by atoms with Gasteiger partial charge in [-0.1, -0.05) is 13.3 Å². The Hall–Kier alpha value is -0.760. The Morgan fingerprint density at radius 1 is 1.44 bits per heavy atom. The van der Waals surface area contributed by atoms with E-state index in [9.17, 15) is 0 Å². The highest BCUT2D eigenvalue weighted by Crippen LogP contribution is 2.29. The van der Waals surface area contributed by atoms with Crippen molar-refractivity contribution in [1.29, 1.82) is 0 Å². The minimum absolute atomic E-state index is 0.333. The van der Waals surface area contributed by atoms with E-state index in [-0.39, 0.29) is 0 Å². The number of hydrogen-bond donors (Lipinski definition) is 0. The van der Waals surface area contributed by atoms with Crippen molar-refractivity contribution in [2.75, 3.05) is 0 Å². The molecule has 1 heterocycles. The average Bonchev–Trinajstić information content (AvgIpc) is 2.33. The molecule has 16 heavy (non-hydrogen) atoms. The van der Waals surface area contributed by atoms with Gasteiger partial charge in [-0.2, -0.15) is 0 Å². The molecule has 1 aliphatic carbocycles. The van der Waals surface area contributed by atoms with Gasteiger partial charge in [0.15, 0.2) is 0 Å². The lowest BCUT2D eigenvalue weighted by Gasteiger charge is -2.29. The Labute approximate surface area is 102 Å². The highest BCUT2D eigenvalue weighted by Gasteiger charge is 2.23. The number of rotatable bonds is 3. The summed E-state index contributed by atoms with van der Waals surface area (Å²) in [7, 11) is 0. The fourth-order valence-electron chi connectivity index (χ4n) is 2.25. The van der Waals surface area contributed by atoms with Crippen molar-refractivity contribution >= 4 is 11.6 Å². The number of ether oxygens (including phenoxy) is 1. The van der Waals surface area contributed by atoms with E-state index in [2.05, 4.69) is 11.9 Å². The molecule has 1 saturated carbocycles. The molecule has 0 aliphatic heterocycles. The number of hydrogen-bond acceptors (Lipinski definition) is 2. The van der Waals surface area contributed by atoms with E-state index in [0.717, 1.165) is 17.7 Å². The lowest BCUT2D eigenvalue weighted by Crippen LogP contribution is -2.28. The van der Waals surface area contributed by atoms with Crippen LogP contribution in [0.2, 0.25) is 0 Å². The smallest absolute Gasteiger partial charge is 0.142 e. The second kappa shape index (κ2) is 5.53. The molecule has 1 aromatic rings. The largest absolute Gasteiger partial charge is 0.488 e. The quantitative estimate of drug-likeness (QED) is 0.749. The molecule has 0 spiro atoms. The number of nitrogens with zero attached hydrogens (tertiary/aromatic N) is 1. The molecule has 0 bridgehead atoms. The fourth-order valence-corrected chi connectivity index (χ4v) is 2.47. The number of halogens is 1. The molecular formula is C13H18ClNO. The lowest BCUT2D eigenvalue weighted by molar-refractivity contribution is 0.101. The molecule has 1 aliphatic rings. The van der Waals surface area contributed by atoms with Crippen molar-refractivity contribution in [3.63, 3.8) is 0 Å². The summed E-state index contributed by atoms with van der Waals surface area (Å²) in [6, 6.07) is 1.93. The van der Waals surface area contributed by atoms with Gasteiger partial charge in [-0.3, -0.25) is 4.98 Å². The van der Waals surface area contributed by atoms with Gasteiger partial charge in [0.1, 0.15) is 11.9 Å². The zero-order chi connectivity index (χ0) is 11.4. The molecule has 2 nitrogen and oxygen atoms in total.